The zero-order chi connectivity index (χ0) is 21.1. The summed E-state index contributed by atoms with van der Waals surface area (Å²) in [6.07, 6.45) is -4.55. The Balaban J connectivity index is 2.34. The van der Waals surface area contributed by atoms with Crippen molar-refractivity contribution in [1.29, 1.82) is 0 Å². The molecule has 5 nitrogen and oxygen atoms in total. The van der Waals surface area contributed by atoms with E-state index in [2.05, 4.69) is 5.32 Å². The lowest BCUT2D eigenvalue weighted by atomic mass is 10.1. The third-order valence-electron chi connectivity index (χ3n) is 4.37. The predicted octanol–water partition coefficient (Wildman–Crippen LogP) is 3.85. The zero-order valence-electron chi connectivity index (χ0n) is 16.4. The molecule has 0 unspecified atom stereocenters. The molecule has 0 heterocycles. The number of nitrogen functional groups attached to an aromatic ring is 1. The second kappa shape index (κ2) is 8.52. The highest BCUT2D eigenvalue weighted by atomic mass is 19.4. The van der Waals surface area contributed by atoms with E-state index in [-0.39, 0.29) is 5.56 Å². The number of carbonyl (C=O) groups excluding carboxylic acids is 1. The number of hydrogen-bond acceptors (Lipinski definition) is 4. The molecular formula is C20H25F3N4O. The third-order valence-corrected chi connectivity index (χ3v) is 4.37. The van der Waals surface area contributed by atoms with Crippen LogP contribution in [0, 0.1) is 6.92 Å². The Labute approximate surface area is 162 Å². The molecule has 0 atom stereocenters. The van der Waals surface area contributed by atoms with Gasteiger partial charge in [0.2, 0.25) is 0 Å². The lowest BCUT2D eigenvalue weighted by molar-refractivity contribution is -0.137. The maximum absolute atomic E-state index is 13.3. The first kappa shape index (κ1) is 21.6. The Hall–Kier alpha value is -2.74. The van der Waals surface area contributed by atoms with E-state index in [0.29, 0.717) is 30.2 Å². The number of nitrogens with one attached hydrogen (secondary N) is 1. The minimum absolute atomic E-state index is 0.0688. The van der Waals surface area contributed by atoms with Crippen LogP contribution in [0.4, 0.5) is 30.2 Å². The molecule has 152 valence electrons. The number of nitrogens with two attached hydrogens (primary N) is 1. The predicted molar refractivity (Wildman–Crippen MR) is 107 cm³/mol. The molecular weight excluding hydrogens is 369 g/mol. The van der Waals surface area contributed by atoms with Gasteiger partial charge in [-0.25, -0.2) is 0 Å². The fourth-order valence-corrected chi connectivity index (χ4v) is 2.53. The topological polar surface area (TPSA) is 61.6 Å². The molecule has 2 aromatic carbocycles. The Morgan fingerprint density at radius 2 is 1.75 bits per heavy atom. The smallest absolute Gasteiger partial charge is 0.398 e. The molecule has 0 saturated heterocycles. The minimum atomic E-state index is -4.55. The second-order valence-electron chi connectivity index (χ2n) is 7.02. The molecule has 0 fully saturated rings. The lowest BCUT2D eigenvalue weighted by Crippen LogP contribution is -2.29. The van der Waals surface area contributed by atoms with Crippen molar-refractivity contribution in [2.24, 2.45) is 0 Å². The van der Waals surface area contributed by atoms with Crippen molar-refractivity contribution < 1.29 is 18.0 Å². The molecule has 0 spiro atoms. The number of nitrogens with zero attached hydrogens (tertiary/aromatic N) is 2. The van der Waals surface area contributed by atoms with E-state index < -0.39 is 17.6 Å². The van der Waals surface area contributed by atoms with E-state index in [1.165, 1.54) is 6.07 Å². The summed E-state index contributed by atoms with van der Waals surface area (Å²) in [7, 11) is 5.46. The van der Waals surface area contributed by atoms with Crippen molar-refractivity contribution in [2.45, 2.75) is 13.1 Å². The van der Waals surface area contributed by atoms with Gasteiger partial charge >= 0.3 is 6.18 Å². The van der Waals surface area contributed by atoms with Crippen LogP contribution in [0.5, 0.6) is 0 Å². The molecule has 0 aliphatic carbocycles. The van der Waals surface area contributed by atoms with E-state index in [1.54, 1.807) is 30.1 Å². The molecule has 1 amide bonds. The molecule has 2 aromatic rings. The van der Waals surface area contributed by atoms with Crippen molar-refractivity contribution in [3.05, 3.63) is 53.1 Å². The van der Waals surface area contributed by atoms with E-state index in [9.17, 15) is 18.0 Å². The van der Waals surface area contributed by atoms with Crippen LogP contribution in [0.2, 0.25) is 0 Å². The number of likely N-dealkylation sites (N-methyl/N-ethyl adjacent to an activating group) is 2. The van der Waals surface area contributed by atoms with E-state index >= 15 is 0 Å². The van der Waals surface area contributed by atoms with Crippen molar-refractivity contribution in [3.63, 3.8) is 0 Å². The van der Waals surface area contributed by atoms with Gasteiger partial charge in [-0.05, 0) is 56.9 Å². The summed E-state index contributed by atoms with van der Waals surface area (Å²) in [6.45, 7) is 3.00. The van der Waals surface area contributed by atoms with Gasteiger partial charge in [-0.2, -0.15) is 13.2 Å². The molecule has 0 saturated carbocycles. The summed E-state index contributed by atoms with van der Waals surface area (Å²) in [5.74, 6) is -0.628. The number of anilines is 3. The number of hydrogen-bond donors (Lipinski definition) is 2. The molecule has 0 aromatic heterocycles. The monoisotopic (exact) mass is 394 g/mol. The molecule has 0 aliphatic rings. The number of rotatable bonds is 6. The Morgan fingerprint density at radius 3 is 2.32 bits per heavy atom. The average Bonchev–Trinajstić information content (AvgIpc) is 2.61. The maximum Gasteiger partial charge on any atom is 0.416 e. The molecule has 3 N–H and O–H groups in total. The zero-order valence-corrected chi connectivity index (χ0v) is 16.4. The van der Waals surface area contributed by atoms with Crippen LogP contribution >= 0.6 is 0 Å². The Kier molecular flexibility index (Phi) is 6.56. The highest BCUT2D eigenvalue weighted by molar-refractivity contribution is 6.05. The number of alkyl halides is 3. The van der Waals surface area contributed by atoms with Crippen LogP contribution in [0.25, 0.3) is 0 Å². The maximum atomic E-state index is 13.3. The molecule has 0 aliphatic heterocycles. The summed E-state index contributed by atoms with van der Waals surface area (Å²) in [6, 6.07) is 8.33. The highest BCUT2D eigenvalue weighted by Gasteiger charge is 2.32. The van der Waals surface area contributed by atoms with E-state index in [1.807, 2.05) is 25.9 Å². The molecule has 0 radical (unpaired) electrons. The van der Waals surface area contributed by atoms with Crippen molar-refractivity contribution in [1.82, 2.24) is 4.90 Å². The van der Waals surface area contributed by atoms with Crippen molar-refractivity contribution >= 4 is 23.0 Å². The van der Waals surface area contributed by atoms with Gasteiger partial charge in [-0.1, -0.05) is 6.07 Å². The molecule has 2 rings (SSSR count). The van der Waals surface area contributed by atoms with Gasteiger partial charge < -0.3 is 20.9 Å². The largest absolute Gasteiger partial charge is 0.416 e. The number of amides is 1. The van der Waals surface area contributed by atoms with Crippen LogP contribution in [-0.4, -0.2) is 45.0 Å². The van der Waals surface area contributed by atoms with Crippen LogP contribution in [0.3, 0.4) is 0 Å². The number of benzene rings is 2. The van der Waals surface area contributed by atoms with E-state index in [4.69, 9.17) is 5.73 Å². The average molecular weight is 394 g/mol. The van der Waals surface area contributed by atoms with Gasteiger partial charge in [-0.3, -0.25) is 4.79 Å². The van der Waals surface area contributed by atoms with Crippen LogP contribution < -0.4 is 16.0 Å². The van der Waals surface area contributed by atoms with Crippen LogP contribution in [0.15, 0.2) is 36.4 Å². The molecule has 28 heavy (non-hydrogen) atoms. The summed E-state index contributed by atoms with van der Waals surface area (Å²) in [4.78, 5) is 16.2. The highest BCUT2D eigenvalue weighted by Crippen LogP contribution is 2.33. The summed E-state index contributed by atoms with van der Waals surface area (Å²) < 4.78 is 40.0. The number of aryl methyl sites for hydroxylation is 1. The van der Waals surface area contributed by atoms with Crippen LogP contribution in [0.1, 0.15) is 21.5 Å². The normalized spacial score (nSPS) is 11.6. The van der Waals surface area contributed by atoms with Gasteiger partial charge in [0.1, 0.15) is 0 Å². The van der Waals surface area contributed by atoms with Gasteiger partial charge in [0.05, 0.1) is 5.56 Å². The summed E-state index contributed by atoms with van der Waals surface area (Å²) in [5.41, 5.74) is 6.98. The van der Waals surface area contributed by atoms with Crippen LogP contribution in [-0.2, 0) is 6.18 Å². The Bertz CT molecular complexity index is 850. The lowest BCUT2D eigenvalue weighted by Gasteiger charge is -2.23. The minimum Gasteiger partial charge on any atom is -0.398 e. The van der Waals surface area contributed by atoms with Gasteiger partial charge in [-0.15, -0.1) is 0 Å². The van der Waals surface area contributed by atoms with Gasteiger partial charge in [0.25, 0.3) is 5.91 Å². The van der Waals surface area contributed by atoms with Gasteiger partial charge in [0.15, 0.2) is 0 Å². The van der Waals surface area contributed by atoms with E-state index in [0.717, 1.165) is 17.7 Å². The molecule has 0 bridgehead atoms. The Morgan fingerprint density at radius 1 is 1.07 bits per heavy atom. The van der Waals surface area contributed by atoms with Gasteiger partial charge in [0, 0.05) is 42.8 Å². The second-order valence-corrected chi connectivity index (χ2v) is 7.02. The molecule has 8 heteroatoms. The standard InChI is InChI=1S/C20H25F3N4O/c1-13-5-6-16(12-18(13)24)25-19(28)14-9-15(20(21,22)23)11-17(10-14)27(4)8-7-26(2)3/h5-6,9-12H,7-8,24H2,1-4H3,(H,25,28). The first-order valence-corrected chi connectivity index (χ1v) is 8.73. The number of halogens is 3. The quantitative estimate of drug-likeness (QED) is 0.731. The van der Waals surface area contributed by atoms with Crippen molar-refractivity contribution in [3.8, 4) is 0 Å². The fraction of sp³-hybridized carbons (Fsp3) is 0.350. The van der Waals surface area contributed by atoms with Crippen molar-refractivity contribution in [2.75, 3.05) is 50.2 Å². The first-order valence-electron chi connectivity index (χ1n) is 8.73. The SMILES string of the molecule is Cc1ccc(NC(=O)c2cc(N(C)CCN(C)C)cc(C(F)(F)F)c2)cc1N. The summed E-state index contributed by atoms with van der Waals surface area (Å²) >= 11 is 0. The fourth-order valence-electron chi connectivity index (χ4n) is 2.53. The number of carbonyl (C=O) groups is 1. The summed E-state index contributed by atoms with van der Waals surface area (Å²) in [5, 5.41) is 2.61. The first-order chi connectivity index (χ1) is 13.0. The third kappa shape index (κ3) is 5.63.